The smallest absolute Gasteiger partial charge is 0.247 e. The molecule has 5 nitrogen and oxygen atoms in total. The summed E-state index contributed by atoms with van der Waals surface area (Å²) in [6.45, 7) is 1.40. The van der Waals surface area contributed by atoms with E-state index in [2.05, 4.69) is 10.6 Å². The van der Waals surface area contributed by atoms with Gasteiger partial charge in [0.25, 0.3) is 0 Å². The lowest BCUT2D eigenvalue weighted by Crippen LogP contribution is -2.33. The molecule has 0 atom stereocenters. The van der Waals surface area contributed by atoms with E-state index in [0.717, 1.165) is 5.69 Å². The minimum absolute atomic E-state index is 0.170. The molecule has 0 saturated carbocycles. The first-order chi connectivity index (χ1) is 12.4. The van der Waals surface area contributed by atoms with Crippen LogP contribution in [0.5, 0.6) is 0 Å². The molecule has 0 heterocycles. The van der Waals surface area contributed by atoms with Crippen molar-refractivity contribution in [1.82, 2.24) is 5.32 Å². The van der Waals surface area contributed by atoms with Gasteiger partial charge in [0.2, 0.25) is 11.8 Å². The summed E-state index contributed by atoms with van der Waals surface area (Å²) in [5, 5.41) is 5.23. The van der Waals surface area contributed by atoms with Gasteiger partial charge >= 0.3 is 0 Å². The molecule has 6 heteroatoms. The van der Waals surface area contributed by atoms with Gasteiger partial charge in [0, 0.05) is 36.6 Å². The standard InChI is InChI=1S/C20H22FN3O2/c1-14(12-15-6-4-5-7-18(15)21)20(26)22-13-19(25)23-16-8-10-17(11-9-16)24(2)3/h4-12H,13H2,1-3H3,(H,22,26)(H,23,25)/b14-12+. The van der Waals surface area contributed by atoms with Crippen LogP contribution >= 0.6 is 0 Å². The lowest BCUT2D eigenvalue weighted by molar-refractivity contribution is -0.121. The zero-order valence-electron chi connectivity index (χ0n) is 15.0. The summed E-state index contributed by atoms with van der Waals surface area (Å²) >= 11 is 0. The van der Waals surface area contributed by atoms with Crippen molar-refractivity contribution in [1.29, 1.82) is 0 Å². The van der Waals surface area contributed by atoms with Gasteiger partial charge in [0.15, 0.2) is 0 Å². The van der Waals surface area contributed by atoms with E-state index in [1.54, 1.807) is 37.3 Å². The number of nitrogens with zero attached hydrogens (tertiary/aromatic N) is 1. The average Bonchev–Trinajstić information content (AvgIpc) is 2.62. The van der Waals surface area contributed by atoms with Gasteiger partial charge in [-0.2, -0.15) is 0 Å². The van der Waals surface area contributed by atoms with Gasteiger partial charge in [-0.3, -0.25) is 9.59 Å². The van der Waals surface area contributed by atoms with E-state index in [4.69, 9.17) is 0 Å². The van der Waals surface area contributed by atoms with E-state index in [0.29, 0.717) is 16.8 Å². The zero-order valence-corrected chi connectivity index (χ0v) is 15.0. The second-order valence-corrected chi connectivity index (χ2v) is 6.02. The Morgan fingerprint density at radius 3 is 2.35 bits per heavy atom. The fraction of sp³-hybridized carbons (Fsp3) is 0.200. The van der Waals surface area contributed by atoms with Crippen molar-refractivity contribution >= 4 is 29.3 Å². The van der Waals surface area contributed by atoms with Crippen LogP contribution in [0, 0.1) is 5.82 Å². The van der Waals surface area contributed by atoms with Crippen LogP contribution in [-0.4, -0.2) is 32.5 Å². The molecule has 2 amide bonds. The Morgan fingerprint density at radius 1 is 1.08 bits per heavy atom. The summed E-state index contributed by atoms with van der Waals surface area (Å²) in [5.41, 5.74) is 2.31. The van der Waals surface area contributed by atoms with Gasteiger partial charge in [-0.15, -0.1) is 0 Å². The molecule has 0 radical (unpaired) electrons. The number of nitrogens with one attached hydrogen (secondary N) is 2. The maximum atomic E-state index is 13.6. The molecule has 2 N–H and O–H groups in total. The second-order valence-electron chi connectivity index (χ2n) is 6.02. The molecule has 26 heavy (non-hydrogen) atoms. The van der Waals surface area contributed by atoms with E-state index < -0.39 is 11.7 Å². The van der Waals surface area contributed by atoms with Crippen LogP contribution in [0.25, 0.3) is 6.08 Å². The third-order valence-corrected chi connectivity index (χ3v) is 3.71. The maximum Gasteiger partial charge on any atom is 0.247 e. The first kappa shape index (κ1) is 19.2. The lowest BCUT2D eigenvalue weighted by atomic mass is 10.1. The largest absolute Gasteiger partial charge is 0.378 e. The molecular weight excluding hydrogens is 333 g/mol. The van der Waals surface area contributed by atoms with Crippen molar-refractivity contribution in [2.75, 3.05) is 30.9 Å². The van der Waals surface area contributed by atoms with Crippen LogP contribution in [0.4, 0.5) is 15.8 Å². The summed E-state index contributed by atoms with van der Waals surface area (Å²) in [7, 11) is 3.86. The van der Waals surface area contributed by atoms with Crippen molar-refractivity contribution < 1.29 is 14.0 Å². The number of benzene rings is 2. The van der Waals surface area contributed by atoms with Gasteiger partial charge in [-0.05, 0) is 43.3 Å². The van der Waals surface area contributed by atoms with E-state index in [1.807, 2.05) is 31.1 Å². The highest BCUT2D eigenvalue weighted by atomic mass is 19.1. The SMILES string of the molecule is C/C(=C\c1ccccc1F)C(=O)NCC(=O)Nc1ccc(N(C)C)cc1. The normalized spacial score (nSPS) is 11.0. The molecule has 0 aliphatic rings. The maximum absolute atomic E-state index is 13.6. The fourth-order valence-corrected chi connectivity index (χ4v) is 2.24. The molecule has 0 bridgehead atoms. The fourth-order valence-electron chi connectivity index (χ4n) is 2.24. The molecule has 136 valence electrons. The Kier molecular flexibility index (Phi) is 6.49. The molecule has 0 saturated heterocycles. The zero-order chi connectivity index (χ0) is 19.1. The van der Waals surface area contributed by atoms with Crippen LogP contribution in [-0.2, 0) is 9.59 Å². The summed E-state index contributed by atoms with van der Waals surface area (Å²) in [4.78, 5) is 26.0. The third-order valence-electron chi connectivity index (χ3n) is 3.71. The van der Waals surface area contributed by atoms with Crippen molar-refractivity contribution in [3.8, 4) is 0 Å². The van der Waals surface area contributed by atoms with Crippen molar-refractivity contribution in [3.05, 3.63) is 65.5 Å². The number of halogens is 1. The molecule has 0 spiro atoms. The first-order valence-corrected chi connectivity index (χ1v) is 8.15. The monoisotopic (exact) mass is 355 g/mol. The highest BCUT2D eigenvalue weighted by molar-refractivity contribution is 6.01. The van der Waals surface area contributed by atoms with Gasteiger partial charge in [0.1, 0.15) is 5.82 Å². The number of amides is 2. The molecule has 0 fully saturated rings. The Morgan fingerprint density at radius 2 is 1.73 bits per heavy atom. The summed E-state index contributed by atoms with van der Waals surface area (Å²) < 4.78 is 13.6. The number of carbonyl (C=O) groups excluding carboxylic acids is 2. The van der Waals surface area contributed by atoms with Crippen molar-refractivity contribution in [2.24, 2.45) is 0 Å². The predicted molar refractivity (Wildman–Crippen MR) is 102 cm³/mol. The van der Waals surface area contributed by atoms with Gasteiger partial charge < -0.3 is 15.5 Å². The van der Waals surface area contributed by atoms with E-state index in [9.17, 15) is 14.0 Å². The molecule has 0 unspecified atom stereocenters. The Hall–Kier alpha value is -3.15. The number of rotatable bonds is 6. The van der Waals surface area contributed by atoms with E-state index in [1.165, 1.54) is 12.1 Å². The third kappa shape index (κ3) is 5.44. The highest BCUT2D eigenvalue weighted by Gasteiger charge is 2.09. The van der Waals surface area contributed by atoms with E-state index in [-0.39, 0.29) is 12.5 Å². The molecule has 0 aliphatic heterocycles. The topological polar surface area (TPSA) is 61.4 Å². The molecule has 0 aromatic heterocycles. The summed E-state index contributed by atoms with van der Waals surface area (Å²) in [5.74, 6) is -1.17. The average molecular weight is 355 g/mol. The number of anilines is 2. The van der Waals surface area contributed by atoms with Crippen molar-refractivity contribution in [3.63, 3.8) is 0 Å². The Bertz CT molecular complexity index is 814. The lowest BCUT2D eigenvalue weighted by Gasteiger charge is -2.13. The van der Waals surface area contributed by atoms with Crippen LogP contribution in [0.2, 0.25) is 0 Å². The molecule has 0 aliphatic carbocycles. The highest BCUT2D eigenvalue weighted by Crippen LogP contribution is 2.15. The van der Waals surface area contributed by atoms with Crippen LogP contribution in [0.3, 0.4) is 0 Å². The number of hydrogen-bond acceptors (Lipinski definition) is 3. The van der Waals surface area contributed by atoms with Crippen LogP contribution in [0.15, 0.2) is 54.1 Å². The Balaban J connectivity index is 1.88. The Labute approximate surface area is 152 Å². The van der Waals surface area contributed by atoms with Gasteiger partial charge in [-0.1, -0.05) is 18.2 Å². The van der Waals surface area contributed by atoms with Crippen LogP contribution in [0.1, 0.15) is 12.5 Å². The molecule has 2 aromatic carbocycles. The van der Waals surface area contributed by atoms with Crippen LogP contribution < -0.4 is 15.5 Å². The quantitative estimate of drug-likeness (QED) is 0.783. The minimum atomic E-state index is -0.425. The minimum Gasteiger partial charge on any atom is -0.378 e. The molecule has 2 aromatic rings. The van der Waals surface area contributed by atoms with Crippen molar-refractivity contribution in [2.45, 2.75) is 6.92 Å². The van der Waals surface area contributed by atoms with Gasteiger partial charge in [0.05, 0.1) is 6.54 Å². The summed E-state index contributed by atoms with van der Waals surface area (Å²) in [6.07, 6.45) is 1.45. The summed E-state index contributed by atoms with van der Waals surface area (Å²) in [6, 6.07) is 13.5. The first-order valence-electron chi connectivity index (χ1n) is 8.15. The number of hydrogen-bond donors (Lipinski definition) is 2. The van der Waals surface area contributed by atoms with E-state index >= 15 is 0 Å². The molecular formula is C20H22FN3O2. The van der Waals surface area contributed by atoms with Gasteiger partial charge in [-0.25, -0.2) is 4.39 Å². The number of carbonyl (C=O) groups is 2. The second kappa shape index (κ2) is 8.80. The predicted octanol–water partition coefficient (Wildman–Crippen LogP) is 3.05. The molecule has 2 rings (SSSR count).